The third kappa shape index (κ3) is 3.61. The van der Waals surface area contributed by atoms with Gasteiger partial charge in [-0.3, -0.25) is 0 Å². The number of carbonyl (C=O) groups is 1. The minimum absolute atomic E-state index is 0.0138. The molecule has 0 bridgehead atoms. The molecule has 0 radical (unpaired) electrons. The van der Waals surface area contributed by atoms with Crippen molar-refractivity contribution in [2.45, 2.75) is 52.1 Å². The number of hydrogen-bond donors (Lipinski definition) is 2. The van der Waals surface area contributed by atoms with Crippen LogP contribution in [0.25, 0.3) is 0 Å². The van der Waals surface area contributed by atoms with Gasteiger partial charge >= 0.3 is 5.97 Å². The van der Waals surface area contributed by atoms with Crippen molar-refractivity contribution in [1.82, 2.24) is 0 Å². The zero-order valence-electron chi connectivity index (χ0n) is 11.0. The van der Waals surface area contributed by atoms with Crippen molar-refractivity contribution in [3.63, 3.8) is 0 Å². The van der Waals surface area contributed by atoms with Gasteiger partial charge in [0, 0.05) is 0 Å². The van der Waals surface area contributed by atoms with E-state index in [-0.39, 0.29) is 18.8 Å². The van der Waals surface area contributed by atoms with Crippen LogP contribution in [0, 0.1) is 0 Å². The largest absolute Gasteiger partial charge is 0.505 e. The van der Waals surface area contributed by atoms with E-state index in [9.17, 15) is 15.0 Å². The predicted molar refractivity (Wildman–Crippen MR) is 63.3 cm³/mol. The number of aliphatic hydroxyl groups is 2. The molecule has 0 spiro atoms. The van der Waals surface area contributed by atoms with Gasteiger partial charge in [0.25, 0.3) is 0 Å². The third-order valence-electron chi connectivity index (χ3n) is 2.32. The molecule has 0 saturated carbocycles. The number of rotatable bonds is 6. The molecule has 2 N–H and O–H groups in total. The molecule has 1 aliphatic heterocycles. The maximum Gasteiger partial charge on any atom is 0.377 e. The highest BCUT2D eigenvalue weighted by atomic mass is 16.6. The fourth-order valence-corrected chi connectivity index (χ4v) is 1.55. The summed E-state index contributed by atoms with van der Waals surface area (Å²) in [6, 6.07) is 0. The van der Waals surface area contributed by atoms with Crippen LogP contribution in [0.3, 0.4) is 0 Å². The van der Waals surface area contributed by atoms with Gasteiger partial charge in [-0.25, -0.2) is 4.79 Å². The number of cyclic esters (lactones) is 1. The average molecular weight is 260 g/mol. The molecule has 0 aliphatic carbocycles. The van der Waals surface area contributed by atoms with Gasteiger partial charge < -0.3 is 24.4 Å². The van der Waals surface area contributed by atoms with E-state index in [1.54, 1.807) is 0 Å². The van der Waals surface area contributed by atoms with Crippen LogP contribution in [-0.4, -0.2) is 47.2 Å². The number of aliphatic hydroxyl groups excluding tert-OH is 2. The van der Waals surface area contributed by atoms with Crippen LogP contribution >= 0.6 is 0 Å². The third-order valence-corrected chi connectivity index (χ3v) is 2.32. The van der Waals surface area contributed by atoms with Crippen LogP contribution in [0.1, 0.15) is 27.7 Å². The second-order valence-electron chi connectivity index (χ2n) is 4.67. The van der Waals surface area contributed by atoms with Crippen molar-refractivity contribution in [2.24, 2.45) is 0 Å². The quantitative estimate of drug-likeness (QED) is 0.703. The molecule has 1 rings (SSSR count). The summed E-state index contributed by atoms with van der Waals surface area (Å²) >= 11 is 0. The minimum atomic E-state index is -1.02. The van der Waals surface area contributed by atoms with Crippen LogP contribution in [0.5, 0.6) is 0 Å². The summed E-state index contributed by atoms with van der Waals surface area (Å²) in [5.41, 5.74) is 0. The van der Waals surface area contributed by atoms with Crippen LogP contribution in [-0.2, 0) is 19.0 Å². The van der Waals surface area contributed by atoms with Crippen molar-refractivity contribution in [3.8, 4) is 0 Å². The van der Waals surface area contributed by atoms with Crippen LogP contribution < -0.4 is 0 Å². The van der Waals surface area contributed by atoms with Gasteiger partial charge in [0.2, 0.25) is 5.76 Å². The SMILES string of the molecule is CC(C)OCC(OC(C)C)[C@@H]1OC(=O)C(O)=C1O. The molecule has 1 unspecified atom stereocenters. The average Bonchev–Trinajstić information content (AvgIpc) is 2.51. The Bertz CT molecular complexity index is 333. The highest BCUT2D eigenvalue weighted by molar-refractivity contribution is 5.89. The minimum Gasteiger partial charge on any atom is -0.505 e. The standard InChI is InChI=1S/C12H20O6/c1-6(2)16-5-8(17-7(3)4)11-9(13)10(14)12(15)18-11/h6-8,11,13-14H,5H2,1-4H3/t8?,11-/m0/s1. The van der Waals surface area contributed by atoms with E-state index in [0.29, 0.717) is 0 Å². The van der Waals surface area contributed by atoms with Gasteiger partial charge in [0.1, 0.15) is 6.10 Å². The molecule has 0 saturated heterocycles. The van der Waals surface area contributed by atoms with E-state index in [1.807, 2.05) is 27.7 Å². The lowest BCUT2D eigenvalue weighted by atomic mass is 10.1. The van der Waals surface area contributed by atoms with Gasteiger partial charge in [-0.15, -0.1) is 0 Å². The van der Waals surface area contributed by atoms with Crippen LogP contribution in [0.4, 0.5) is 0 Å². The summed E-state index contributed by atoms with van der Waals surface area (Å²) in [5.74, 6) is -2.21. The summed E-state index contributed by atoms with van der Waals surface area (Å²) in [6.07, 6.45) is -1.81. The van der Waals surface area contributed by atoms with Gasteiger partial charge in [0.15, 0.2) is 11.9 Å². The Morgan fingerprint density at radius 2 is 1.83 bits per heavy atom. The molecular weight excluding hydrogens is 240 g/mol. The maximum absolute atomic E-state index is 11.1. The number of carbonyl (C=O) groups excluding carboxylic acids is 1. The molecule has 18 heavy (non-hydrogen) atoms. The molecular formula is C12H20O6. The summed E-state index contributed by atoms with van der Waals surface area (Å²) in [6.45, 7) is 7.52. The smallest absolute Gasteiger partial charge is 0.377 e. The van der Waals surface area contributed by atoms with E-state index in [2.05, 4.69) is 0 Å². The second kappa shape index (κ2) is 6.06. The number of ether oxygens (including phenoxy) is 3. The Labute approximate surface area is 106 Å². The Morgan fingerprint density at radius 1 is 1.22 bits per heavy atom. The fourth-order valence-electron chi connectivity index (χ4n) is 1.55. The Morgan fingerprint density at radius 3 is 2.22 bits per heavy atom. The van der Waals surface area contributed by atoms with Gasteiger partial charge in [-0.2, -0.15) is 0 Å². The Balaban J connectivity index is 2.74. The maximum atomic E-state index is 11.1. The van der Waals surface area contributed by atoms with Crippen molar-refractivity contribution in [3.05, 3.63) is 11.5 Å². The summed E-state index contributed by atoms with van der Waals surface area (Å²) in [5, 5.41) is 18.9. The molecule has 1 heterocycles. The van der Waals surface area contributed by atoms with Gasteiger partial charge in [-0.1, -0.05) is 0 Å². The molecule has 2 atom stereocenters. The highest BCUT2D eigenvalue weighted by Gasteiger charge is 2.41. The van der Waals surface area contributed by atoms with Crippen molar-refractivity contribution < 1.29 is 29.2 Å². The molecule has 6 nitrogen and oxygen atoms in total. The predicted octanol–water partition coefficient (Wildman–Crippen LogP) is 1.46. The molecule has 0 aromatic rings. The molecule has 104 valence electrons. The van der Waals surface area contributed by atoms with E-state index >= 15 is 0 Å². The van der Waals surface area contributed by atoms with Gasteiger partial charge in [-0.05, 0) is 27.7 Å². The van der Waals surface area contributed by atoms with Crippen LogP contribution in [0.15, 0.2) is 11.5 Å². The fraction of sp³-hybridized carbons (Fsp3) is 0.750. The molecule has 6 heteroatoms. The van der Waals surface area contributed by atoms with Crippen molar-refractivity contribution in [1.29, 1.82) is 0 Å². The zero-order chi connectivity index (χ0) is 13.9. The van der Waals surface area contributed by atoms with E-state index in [1.165, 1.54) is 0 Å². The lowest BCUT2D eigenvalue weighted by Gasteiger charge is -2.25. The molecule has 0 aromatic heterocycles. The Kier molecular flexibility index (Phi) is 4.98. The zero-order valence-corrected chi connectivity index (χ0v) is 11.0. The van der Waals surface area contributed by atoms with Gasteiger partial charge in [0.05, 0.1) is 18.8 Å². The van der Waals surface area contributed by atoms with Crippen molar-refractivity contribution >= 4 is 5.97 Å². The first-order chi connectivity index (χ1) is 8.32. The first kappa shape index (κ1) is 14.8. The molecule has 1 aliphatic rings. The molecule has 0 aromatic carbocycles. The van der Waals surface area contributed by atoms with Crippen molar-refractivity contribution in [2.75, 3.05) is 6.61 Å². The summed E-state index contributed by atoms with van der Waals surface area (Å²) in [4.78, 5) is 11.1. The molecule has 0 fully saturated rings. The summed E-state index contributed by atoms with van der Waals surface area (Å²) in [7, 11) is 0. The second-order valence-corrected chi connectivity index (χ2v) is 4.67. The number of esters is 1. The van der Waals surface area contributed by atoms with Crippen LogP contribution in [0.2, 0.25) is 0 Å². The number of hydrogen-bond acceptors (Lipinski definition) is 6. The molecule has 0 amide bonds. The highest BCUT2D eigenvalue weighted by Crippen LogP contribution is 2.24. The lowest BCUT2D eigenvalue weighted by Crippen LogP contribution is -2.38. The normalized spacial score (nSPS) is 21.9. The Hall–Kier alpha value is -1.27. The summed E-state index contributed by atoms with van der Waals surface area (Å²) < 4.78 is 15.8. The van der Waals surface area contributed by atoms with E-state index < -0.39 is 29.7 Å². The monoisotopic (exact) mass is 260 g/mol. The topological polar surface area (TPSA) is 85.2 Å². The first-order valence-electron chi connectivity index (χ1n) is 5.93. The lowest BCUT2D eigenvalue weighted by molar-refractivity contribution is -0.156. The van der Waals surface area contributed by atoms with E-state index in [0.717, 1.165) is 0 Å². The van der Waals surface area contributed by atoms with E-state index in [4.69, 9.17) is 14.2 Å². The first-order valence-corrected chi connectivity index (χ1v) is 5.93.